The Labute approximate surface area is 226 Å². The van der Waals surface area contributed by atoms with Gasteiger partial charge in [0, 0.05) is 39.3 Å². The van der Waals surface area contributed by atoms with Crippen molar-refractivity contribution in [1.29, 1.82) is 0 Å². The van der Waals surface area contributed by atoms with Crippen molar-refractivity contribution in [3.05, 3.63) is 121 Å². The molecule has 0 saturated carbocycles. The highest BCUT2D eigenvalue weighted by Gasteiger charge is 2.39. The minimum atomic E-state index is -3.13. The van der Waals surface area contributed by atoms with Crippen molar-refractivity contribution in [1.82, 2.24) is 14.5 Å². The third-order valence-electron chi connectivity index (χ3n) is 7.98. The maximum atomic E-state index is 15.3. The van der Waals surface area contributed by atoms with Gasteiger partial charge in [-0.05, 0) is 52.9 Å². The summed E-state index contributed by atoms with van der Waals surface area (Å²) in [4.78, 5) is 9.75. The summed E-state index contributed by atoms with van der Waals surface area (Å²) in [6.07, 6.45) is 2.63. The van der Waals surface area contributed by atoms with E-state index in [-0.39, 0.29) is 0 Å². The molecule has 0 N–H and O–H groups in total. The van der Waals surface area contributed by atoms with E-state index in [9.17, 15) is 0 Å². The Morgan fingerprint density at radius 3 is 2.46 bits per heavy atom. The van der Waals surface area contributed by atoms with Gasteiger partial charge in [0.2, 0.25) is 0 Å². The van der Waals surface area contributed by atoms with E-state index in [4.69, 9.17) is 9.97 Å². The standard InChI is InChI=1S/C34H24N3OP/c1-2-32-36-28-15-8-16-31-34(28)37(32)29-21-23(17-18-30(29)39(31,38)24-11-4-3-5-12-24)27-20-22-10-6-7-13-25(22)33-26(27)14-9-19-35-33/h3-21H,2H2,1H3. The van der Waals surface area contributed by atoms with Gasteiger partial charge >= 0.3 is 0 Å². The molecule has 0 saturated heterocycles. The fourth-order valence-electron chi connectivity index (χ4n) is 6.24. The number of pyridine rings is 1. The molecule has 1 aliphatic heterocycles. The van der Waals surface area contributed by atoms with Crippen LogP contribution < -0.4 is 15.9 Å². The normalized spacial score (nSPS) is 16.1. The second-order valence-corrected chi connectivity index (χ2v) is 12.8. The summed E-state index contributed by atoms with van der Waals surface area (Å²) in [5.41, 5.74) is 5.96. The number of nitrogens with zero attached hydrogens (tertiary/aromatic N) is 3. The summed E-state index contributed by atoms with van der Waals surface area (Å²) in [5, 5.41) is 5.95. The van der Waals surface area contributed by atoms with Crippen LogP contribution in [-0.2, 0) is 11.0 Å². The summed E-state index contributed by atoms with van der Waals surface area (Å²) >= 11 is 0. The lowest BCUT2D eigenvalue weighted by atomic mass is 9.95. The van der Waals surface area contributed by atoms with Crippen molar-refractivity contribution < 1.29 is 4.57 Å². The van der Waals surface area contributed by atoms with Gasteiger partial charge in [-0.1, -0.05) is 79.7 Å². The van der Waals surface area contributed by atoms with Gasteiger partial charge < -0.3 is 4.57 Å². The van der Waals surface area contributed by atoms with Gasteiger partial charge in [0.1, 0.15) is 5.82 Å². The lowest BCUT2D eigenvalue weighted by molar-refractivity contribution is 0.592. The number of hydrogen-bond acceptors (Lipinski definition) is 3. The second kappa shape index (κ2) is 8.23. The molecule has 5 heteroatoms. The number of aromatic nitrogens is 3. The van der Waals surface area contributed by atoms with E-state index in [1.807, 2.05) is 60.8 Å². The van der Waals surface area contributed by atoms with Crippen LogP contribution in [0, 0.1) is 0 Å². The Morgan fingerprint density at radius 1 is 0.769 bits per heavy atom. The largest absolute Gasteiger partial charge is 0.308 e. The highest BCUT2D eigenvalue weighted by molar-refractivity contribution is 7.86. The van der Waals surface area contributed by atoms with E-state index in [0.717, 1.165) is 77.7 Å². The molecular weight excluding hydrogens is 497 g/mol. The predicted molar refractivity (Wildman–Crippen MR) is 162 cm³/mol. The van der Waals surface area contributed by atoms with Gasteiger partial charge in [0.15, 0.2) is 7.14 Å². The summed E-state index contributed by atoms with van der Waals surface area (Å²) < 4.78 is 17.6. The molecule has 0 aliphatic carbocycles. The first-order chi connectivity index (χ1) is 19.2. The Balaban J connectivity index is 1.49. The quantitative estimate of drug-likeness (QED) is 0.188. The van der Waals surface area contributed by atoms with Crippen LogP contribution in [0.15, 0.2) is 115 Å². The Bertz CT molecular complexity index is 2150. The van der Waals surface area contributed by atoms with Crippen LogP contribution in [0.25, 0.3) is 49.5 Å². The van der Waals surface area contributed by atoms with Crippen LogP contribution >= 0.6 is 7.14 Å². The van der Waals surface area contributed by atoms with Gasteiger partial charge in [0.25, 0.3) is 0 Å². The number of fused-ring (bicyclic) bond motifs is 5. The molecule has 7 aromatic rings. The van der Waals surface area contributed by atoms with Gasteiger partial charge in [0.05, 0.1) is 22.2 Å². The number of imidazole rings is 1. The van der Waals surface area contributed by atoms with Crippen LogP contribution in [-0.4, -0.2) is 14.5 Å². The molecule has 0 radical (unpaired) electrons. The third kappa shape index (κ3) is 3.04. The average molecular weight is 522 g/mol. The topological polar surface area (TPSA) is 47.8 Å². The van der Waals surface area contributed by atoms with Gasteiger partial charge in [-0.2, -0.15) is 0 Å². The molecule has 0 spiro atoms. The van der Waals surface area contributed by atoms with Gasteiger partial charge in [-0.25, -0.2) is 4.98 Å². The van der Waals surface area contributed by atoms with Gasteiger partial charge in [-0.15, -0.1) is 0 Å². The maximum Gasteiger partial charge on any atom is 0.175 e. The molecule has 8 rings (SSSR count). The molecule has 0 amide bonds. The first-order valence-electron chi connectivity index (χ1n) is 13.3. The molecule has 1 unspecified atom stereocenters. The van der Waals surface area contributed by atoms with Crippen LogP contribution in [0.1, 0.15) is 12.7 Å². The number of hydrogen-bond donors (Lipinski definition) is 0. The van der Waals surface area contributed by atoms with Crippen molar-refractivity contribution in [2.24, 2.45) is 0 Å². The maximum absolute atomic E-state index is 15.3. The molecule has 39 heavy (non-hydrogen) atoms. The molecule has 0 bridgehead atoms. The Hall–Kier alpha value is -4.53. The minimum absolute atomic E-state index is 0.774. The fourth-order valence-corrected chi connectivity index (χ4v) is 9.23. The number of rotatable bonds is 3. The fraction of sp³-hybridized carbons (Fsp3) is 0.0588. The number of benzene rings is 5. The van der Waals surface area contributed by atoms with E-state index in [0.29, 0.717) is 0 Å². The Kier molecular flexibility index (Phi) is 4.74. The van der Waals surface area contributed by atoms with Crippen molar-refractivity contribution in [3.63, 3.8) is 0 Å². The molecule has 2 aromatic heterocycles. The molecule has 1 aliphatic rings. The summed E-state index contributed by atoms with van der Waals surface area (Å²) in [5.74, 6) is 0.972. The molecule has 0 fully saturated rings. The first kappa shape index (κ1) is 22.5. The van der Waals surface area contributed by atoms with Crippen molar-refractivity contribution in [2.45, 2.75) is 13.3 Å². The monoisotopic (exact) mass is 521 g/mol. The molecule has 4 nitrogen and oxygen atoms in total. The average Bonchev–Trinajstić information content (AvgIpc) is 3.39. The van der Waals surface area contributed by atoms with E-state index in [1.54, 1.807) is 0 Å². The van der Waals surface area contributed by atoms with Crippen molar-refractivity contribution in [3.8, 4) is 16.8 Å². The van der Waals surface area contributed by atoms with E-state index in [2.05, 4.69) is 66.1 Å². The summed E-state index contributed by atoms with van der Waals surface area (Å²) in [6.45, 7) is 2.13. The zero-order valence-electron chi connectivity index (χ0n) is 21.4. The minimum Gasteiger partial charge on any atom is -0.308 e. The lowest BCUT2D eigenvalue weighted by Crippen LogP contribution is -2.33. The number of aryl methyl sites for hydroxylation is 1. The molecule has 5 aromatic carbocycles. The van der Waals surface area contributed by atoms with Crippen LogP contribution in [0.4, 0.5) is 0 Å². The molecule has 1 atom stereocenters. The lowest BCUT2D eigenvalue weighted by Gasteiger charge is -2.29. The Morgan fingerprint density at radius 2 is 1.59 bits per heavy atom. The van der Waals surface area contributed by atoms with E-state index < -0.39 is 7.14 Å². The smallest absolute Gasteiger partial charge is 0.175 e. The van der Waals surface area contributed by atoms with Crippen LogP contribution in [0.5, 0.6) is 0 Å². The zero-order valence-corrected chi connectivity index (χ0v) is 22.3. The van der Waals surface area contributed by atoms with Crippen LogP contribution in [0.2, 0.25) is 0 Å². The molecular formula is C34H24N3OP. The van der Waals surface area contributed by atoms with Crippen LogP contribution in [0.3, 0.4) is 0 Å². The summed E-state index contributed by atoms with van der Waals surface area (Å²) in [7, 11) is -3.13. The van der Waals surface area contributed by atoms with Crippen molar-refractivity contribution >= 4 is 55.8 Å². The summed E-state index contributed by atoms with van der Waals surface area (Å²) in [6, 6.07) is 37.1. The van der Waals surface area contributed by atoms with E-state index >= 15 is 4.57 Å². The third-order valence-corrected chi connectivity index (χ3v) is 11.1. The van der Waals surface area contributed by atoms with Crippen molar-refractivity contribution in [2.75, 3.05) is 0 Å². The zero-order chi connectivity index (χ0) is 26.1. The highest BCUT2D eigenvalue weighted by Crippen LogP contribution is 2.50. The number of para-hydroxylation sites is 1. The molecule has 3 heterocycles. The van der Waals surface area contributed by atoms with Gasteiger partial charge in [-0.3, -0.25) is 9.55 Å². The molecule has 186 valence electrons. The first-order valence-corrected chi connectivity index (χ1v) is 15.0. The van der Waals surface area contributed by atoms with E-state index in [1.165, 1.54) is 0 Å². The predicted octanol–water partition coefficient (Wildman–Crippen LogP) is 6.91. The highest BCUT2D eigenvalue weighted by atomic mass is 31.2. The SMILES string of the molecule is CCc1nc2cccc3c2n1-c1cc(-c2cc4ccccc4c4ncccc24)ccc1P3(=O)c1ccccc1. The second-order valence-electron chi connectivity index (χ2n) is 10.1.